The van der Waals surface area contributed by atoms with Gasteiger partial charge >= 0.3 is 0 Å². The molecule has 1 aliphatic carbocycles. The van der Waals surface area contributed by atoms with Gasteiger partial charge in [0.1, 0.15) is 0 Å². The number of anilines is 1. The van der Waals surface area contributed by atoms with Gasteiger partial charge in [0.05, 0.1) is 5.39 Å². The predicted octanol–water partition coefficient (Wildman–Crippen LogP) is 0.389. The number of nitrogen functional groups attached to an aromatic ring is 1. The van der Waals surface area contributed by atoms with Gasteiger partial charge in [-0.1, -0.05) is 0 Å². The molecule has 2 aromatic heterocycles. The summed E-state index contributed by atoms with van der Waals surface area (Å²) in [5.41, 5.74) is 8.00. The summed E-state index contributed by atoms with van der Waals surface area (Å²) in [4.78, 5) is 22.4. The van der Waals surface area contributed by atoms with Crippen LogP contribution in [-0.2, 0) is 12.8 Å². The number of hydrogen-bond acceptors (Lipinski definition) is 4. The minimum atomic E-state index is -0.177. The summed E-state index contributed by atoms with van der Waals surface area (Å²) in [7, 11) is 0. The lowest BCUT2D eigenvalue weighted by atomic mass is 10.1. The topological polar surface area (TPSA) is 84.7 Å². The van der Waals surface area contributed by atoms with Crippen molar-refractivity contribution in [2.75, 3.05) is 5.73 Å². The van der Waals surface area contributed by atoms with E-state index in [0.29, 0.717) is 11.0 Å². The molecule has 0 spiro atoms. The SMILES string of the molecule is Nc1nc2ncc3c(c2c(=O)[nH]1)CCC3. The summed E-state index contributed by atoms with van der Waals surface area (Å²) >= 11 is 0. The maximum absolute atomic E-state index is 11.7. The first kappa shape index (κ1) is 8.40. The summed E-state index contributed by atoms with van der Waals surface area (Å²) in [6, 6.07) is 0. The van der Waals surface area contributed by atoms with Gasteiger partial charge in [-0.2, -0.15) is 4.98 Å². The van der Waals surface area contributed by atoms with Crippen LogP contribution in [0.4, 0.5) is 5.95 Å². The molecule has 0 amide bonds. The Morgan fingerprint density at radius 3 is 3.13 bits per heavy atom. The number of hydrogen-bond donors (Lipinski definition) is 2. The molecule has 0 bridgehead atoms. The van der Waals surface area contributed by atoms with Gasteiger partial charge in [-0.3, -0.25) is 9.78 Å². The van der Waals surface area contributed by atoms with Gasteiger partial charge in [-0.25, -0.2) is 4.98 Å². The average molecular weight is 202 g/mol. The molecule has 5 nitrogen and oxygen atoms in total. The number of rotatable bonds is 0. The van der Waals surface area contributed by atoms with E-state index >= 15 is 0 Å². The van der Waals surface area contributed by atoms with Crippen molar-refractivity contribution in [2.24, 2.45) is 0 Å². The van der Waals surface area contributed by atoms with Crippen molar-refractivity contribution in [2.45, 2.75) is 19.3 Å². The molecule has 0 aromatic carbocycles. The number of nitrogens with one attached hydrogen (secondary N) is 1. The van der Waals surface area contributed by atoms with Gasteiger partial charge < -0.3 is 5.73 Å². The molecule has 3 N–H and O–H groups in total. The Bertz CT molecular complexity index is 602. The molecule has 15 heavy (non-hydrogen) atoms. The van der Waals surface area contributed by atoms with Crippen LogP contribution in [-0.4, -0.2) is 15.0 Å². The van der Waals surface area contributed by atoms with Crippen molar-refractivity contribution in [3.8, 4) is 0 Å². The number of aromatic amines is 1. The Kier molecular flexibility index (Phi) is 1.56. The summed E-state index contributed by atoms with van der Waals surface area (Å²) in [6.45, 7) is 0. The summed E-state index contributed by atoms with van der Waals surface area (Å²) < 4.78 is 0. The van der Waals surface area contributed by atoms with Gasteiger partial charge in [-0.15, -0.1) is 0 Å². The lowest BCUT2D eigenvalue weighted by molar-refractivity contribution is 0.912. The molecule has 0 radical (unpaired) electrons. The zero-order valence-corrected chi connectivity index (χ0v) is 8.08. The highest BCUT2D eigenvalue weighted by Crippen LogP contribution is 2.25. The third-order valence-corrected chi connectivity index (χ3v) is 2.82. The van der Waals surface area contributed by atoms with Crippen molar-refractivity contribution in [1.29, 1.82) is 0 Å². The second-order valence-electron chi connectivity index (χ2n) is 3.77. The number of nitrogens with two attached hydrogens (primary N) is 1. The fourth-order valence-corrected chi connectivity index (χ4v) is 2.18. The highest BCUT2D eigenvalue weighted by Gasteiger charge is 2.17. The van der Waals surface area contributed by atoms with Crippen molar-refractivity contribution in [3.05, 3.63) is 27.7 Å². The third kappa shape index (κ3) is 1.12. The molecule has 1 aliphatic rings. The molecule has 0 atom stereocenters. The fourth-order valence-electron chi connectivity index (χ4n) is 2.18. The molecule has 0 fully saturated rings. The minimum Gasteiger partial charge on any atom is -0.369 e. The van der Waals surface area contributed by atoms with Crippen LogP contribution in [0.5, 0.6) is 0 Å². The van der Waals surface area contributed by atoms with Gasteiger partial charge in [0.2, 0.25) is 5.95 Å². The maximum atomic E-state index is 11.7. The van der Waals surface area contributed by atoms with Crippen molar-refractivity contribution >= 4 is 17.0 Å². The zero-order chi connectivity index (χ0) is 10.4. The summed E-state index contributed by atoms with van der Waals surface area (Å²) in [6.07, 6.45) is 4.82. The van der Waals surface area contributed by atoms with Gasteiger partial charge in [0.15, 0.2) is 5.65 Å². The highest BCUT2D eigenvalue weighted by atomic mass is 16.1. The van der Waals surface area contributed by atoms with E-state index in [4.69, 9.17) is 5.73 Å². The van der Waals surface area contributed by atoms with E-state index in [2.05, 4.69) is 15.0 Å². The molecular formula is C10H10N4O. The van der Waals surface area contributed by atoms with Crippen molar-refractivity contribution < 1.29 is 0 Å². The monoisotopic (exact) mass is 202 g/mol. The molecule has 0 unspecified atom stereocenters. The van der Waals surface area contributed by atoms with Gasteiger partial charge in [0.25, 0.3) is 5.56 Å². The molecule has 3 rings (SSSR count). The average Bonchev–Trinajstić information content (AvgIpc) is 2.63. The molecule has 2 aromatic rings. The lowest BCUT2D eigenvalue weighted by Crippen LogP contribution is -2.13. The van der Waals surface area contributed by atoms with E-state index in [9.17, 15) is 4.79 Å². The van der Waals surface area contributed by atoms with Crippen molar-refractivity contribution in [1.82, 2.24) is 15.0 Å². The van der Waals surface area contributed by atoms with E-state index in [1.54, 1.807) is 6.20 Å². The van der Waals surface area contributed by atoms with E-state index in [1.165, 1.54) is 5.56 Å². The Morgan fingerprint density at radius 1 is 1.40 bits per heavy atom. The number of nitrogens with zero attached hydrogens (tertiary/aromatic N) is 2. The first-order chi connectivity index (χ1) is 7.25. The Labute approximate surface area is 85.4 Å². The van der Waals surface area contributed by atoms with Crippen LogP contribution in [0.15, 0.2) is 11.0 Å². The quantitative estimate of drug-likeness (QED) is 0.647. The molecule has 0 aliphatic heterocycles. The smallest absolute Gasteiger partial charge is 0.262 e. The first-order valence-corrected chi connectivity index (χ1v) is 4.92. The number of aromatic nitrogens is 3. The van der Waals surface area contributed by atoms with Crippen LogP contribution < -0.4 is 11.3 Å². The number of pyridine rings is 1. The maximum Gasteiger partial charge on any atom is 0.262 e. The van der Waals surface area contributed by atoms with Gasteiger partial charge in [0, 0.05) is 6.20 Å². The second kappa shape index (κ2) is 2.79. The van der Waals surface area contributed by atoms with Crippen molar-refractivity contribution in [3.63, 3.8) is 0 Å². The van der Waals surface area contributed by atoms with Crippen LogP contribution >= 0.6 is 0 Å². The zero-order valence-electron chi connectivity index (χ0n) is 8.08. The number of fused-ring (bicyclic) bond motifs is 3. The van der Waals surface area contributed by atoms with Crippen LogP contribution in [0.2, 0.25) is 0 Å². The largest absolute Gasteiger partial charge is 0.369 e. The Morgan fingerprint density at radius 2 is 2.27 bits per heavy atom. The Hall–Kier alpha value is -1.91. The minimum absolute atomic E-state index is 0.123. The van der Waals surface area contributed by atoms with Gasteiger partial charge in [-0.05, 0) is 30.4 Å². The van der Waals surface area contributed by atoms with Crippen LogP contribution in [0.1, 0.15) is 17.5 Å². The van der Waals surface area contributed by atoms with Crippen LogP contribution in [0, 0.1) is 0 Å². The number of H-pyrrole nitrogens is 1. The molecule has 5 heteroatoms. The second-order valence-corrected chi connectivity index (χ2v) is 3.77. The molecular weight excluding hydrogens is 192 g/mol. The standard InChI is InChI=1S/C10H10N4O/c11-10-13-8-7(9(15)14-10)6-3-1-2-5(6)4-12-8/h4H,1-3H2,(H3,11,12,13,14,15). The molecule has 2 heterocycles. The van der Waals surface area contributed by atoms with E-state index in [1.807, 2.05) is 0 Å². The molecule has 76 valence electrons. The Balaban J connectivity index is 2.50. The van der Waals surface area contributed by atoms with Crippen LogP contribution in [0.25, 0.3) is 11.0 Å². The fraction of sp³-hybridized carbons (Fsp3) is 0.300. The summed E-state index contributed by atoms with van der Waals surface area (Å²) in [5.74, 6) is 0.123. The lowest BCUT2D eigenvalue weighted by Gasteiger charge is -2.03. The molecule has 0 saturated carbocycles. The van der Waals surface area contributed by atoms with E-state index < -0.39 is 0 Å². The summed E-state index contributed by atoms with van der Waals surface area (Å²) in [5, 5.41) is 0.610. The van der Waals surface area contributed by atoms with E-state index in [0.717, 1.165) is 24.8 Å². The highest BCUT2D eigenvalue weighted by molar-refractivity contribution is 5.80. The predicted molar refractivity (Wildman–Crippen MR) is 56.6 cm³/mol. The molecule has 0 saturated heterocycles. The number of aryl methyl sites for hydroxylation is 2. The van der Waals surface area contributed by atoms with Crippen LogP contribution in [0.3, 0.4) is 0 Å². The third-order valence-electron chi connectivity index (χ3n) is 2.82. The first-order valence-electron chi connectivity index (χ1n) is 4.92. The normalized spacial score (nSPS) is 14.4. The van der Waals surface area contributed by atoms with E-state index in [-0.39, 0.29) is 11.5 Å².